The molecule has 3 heterocycles. The van der Waals surface area contributed by atoms with Gasteiger partial charge >= 0.3 is 0 Å². The predicted molar refractivity (Wildman–Crippen MR) is 101 cm³/mol. The van der Waals surface area contributed by atoms with Crippen LogP contribution in [0.15, 0.2) is 43.0 Å². The summed E-state index contributed by atoms with van der Waals surface area (Å²) in [6.45, 7) is 7.68. The molecule has 3 rings (SSSR count). The first-order chi connectivity index (χ1) is 12.4. The van der Waals surface area contributed by atoms with E-state index in [1.54, 1.807) is 29.3 Å². The SMILES string of the molecule is CC(C)(C)CCNC(=O)c1cnn2ccc(NCc3cccnc3)nc12. The van der Waals surface area contributed by atoms with Crippen molar-refractivity contribution in [2.45, 2.75) is 33.7 Å². The molecule has 2 N–H and O–H groups in total. The molecule has 0 aliphatic rings. The van der Waals surface area contributed by atoms with Gasteiger partial charge in [0.1, 0.15) is 11.4 Å². The van der Waals surface area contributed by atoms with Crippen molar-refractivity contribution < 1.29 is 4.79 Å². The summed E-state index contributed by atoms with van der Waals surface area (Å²) in [6.07, 6.45) is 7.80. The number of aromatic nitrogens is 4. The third kappa shape index (κ3) is 4.56. The Morgan fingerprint density at radius 3 is 2.81 bits per heavy atom. The maximum atomic E-state index is 12.5. The van der Waals surface area contributed by atoms with Crippen molar-refractivity contribution in [1.82, 2.24) is 24.9 Å². The van der Waals surface area contributed by atoms with E-state index >= 15 is 0 Å². The first-order valence-corrected chi connectivity index (χ1v) is 8.68. The van der Waals surface area contributed by atoms with Crippen LogP contribution in [-0.4, -0.2) is 32.0 Å². The van der Waals surface area contributed by atoms with Gasteiger partial charge < -0.3 is 10.6 Å². The fraction of sp³-hybridized carbons (Fsp3) is 0.368. The van der Waals surface area contributed by atoms with Gasteiger partial charge in [0.15, 0.2) is 5.65 Å². The van der Waals surface area contributed by atoms with E-state index in [-0.39, 0.29) is 11.3 Å². The molecule has 3 aromatic heterocycles. The second-order valence-corrected chi connectivity index (χ2v) is 7.42. The molecule has 0 spiro atoms. The van der Waals surface area contributed by atoms with Crippen molar-refractivity contribution >= 4 is 17.4 Å². The predicted octanol–water partition coefficient (Wildman–Crippen LogP) is 2.90. The fourth-order valence-electron chi connectivity index (χ4n) is 2.47. The topological polar surface area (TPSA) is 84.2 Å². The van der Waals surface area contributed by atoms with Crippen LogP contribution in [0.4, 0.5) is 5.82 Å². The van der Waals surface area contributed by atoms with Gasteiger partial charge in [0.25, 0.3) is 5.91 Å². The third-order valence-corrected chi connectivity index (χ3v) is 3.97. The molecule has 7 heteroatoms. The van der Waals surface area contributed by atoms with Gasteiger partial charge in [-0.05, 0) is 29.5 Å². The van der Waals surface area contributed by atoms with Gasteiger partial charge in [0.05, 0.1) is 6.20 Å². The number of pyridine rings is 1. The number of nitrogens with zero attached hydrogens (tertiary/aromatic N) is 4. The summed E-state index contributed by atoms with van der Waals surface area (Å²) in [4.78, 5) is 21.1. The summed E-state index contributed by atoms with van der Waals surface area (Å²) in [5.41, 5.74) is 2.25. The minimum atomic E-state index is -0.152. The molecule has 0 aliphatic heterocycles. The minimum Gasteiger partial charge on any atom is -0.366 e. The maximum absolute atomic E-state index is 12.5. The molecule has 3 aromatic rings. The van der Waals surface area contributed by atoms with Crippen LogP contribution in [0.3, 0.4) is 0 Å². The normalized spacial score (nSPS) is 11.5. The number of carbonyl (C=O) groups is 1. The van der Waals surface area contributed by atoms with E-state index in [4.69, 9.17) is 0 Å². The smallest absolute Gasteiger partial charge is 0.256 e. The van der Waals surface area contributed by atoms with E-state index in [2.05, 4.69) is 46.5 Å². The van der Waals surface area contributed by atoms with Gasteiger partial charge in [-0.3, -0.25) is 9.78 Å². The fourth-order valence-corrected chi connectivity index (χ4v) is 2.47. The molecule has 0 saturated heterocycles. The molecule has 0 bridgehead atoms. The van der Waals surface area contributed by atoms with E-state index in [9.17, 15) is 4.79 Å². The lowest BCUT2D eigenvalue weighted by Crippen LogP contribution is -2.27. The quantitative estimate of drug-likeness (QED) is 0.713. The standard InChI is InChI=1S/C19H24N6O/c1-19(2,3)7-9-21-18(26)15-13-23-25-10-6-16(24-17(15)25)22-12-14-5-4-8-20-11-14/h4-6,8,10-11,13H,7,9,12H2,1-3H3,(H,21,26)(H,22,24). The Morgan fingerprint density at radius 1 is 1.23 bits per heavy atom. The molecule has 0 aromatic carbocycles. The first kappa shape index (κ1) is 17.8. The molecular formula is C19H24N6O. The van der Waals surface area contributed by atoms with Crippen molar-refractivity contribution in [1.29, 1.82) is 0 Å². The molecule has 0 fully saturated rings. The zero-order valence-electron chi connectivity index (χ0n) is 15.4. The van der Waals surface area contributed by atoms with Crippen molar-refractivity contribution in [2.75, 3.05) is 11.9 Å². The average molecular weight is 352 g/mol. The lowest BCUT2D eigenvalue weighted by molar-refractivity contribution is 0.0951. The number of carbonyl (C=O) groups excluding carboxylic acids is 1. The number of hydrogen-bond donors (Lipinski definition) is 2. The van der Waals surface area contributed by atoms with Crippen LogP contribution >= 0.6 is 0 Å². The average Bonchev–Trinajstić information content (AvgIpc) is 3.03. The van der Waals surface area contributed by atoms with Gasteiger partial charge in [-0.15, -0.1) is 0 Å². The van der Waals surface area contributed by atoms with Gasteiger partial charge in [0.2, 0.25) is 0 Å². The summed E-state index contributed by atoms with van der Waals surface area (Å²) in [6, 6.07) is 5.72. The number of hydrogen-bond acceptors (Lipinski definition) is 5. The Bertz CT molecular complexity index is 882. The molecule has 0 unspecified atom stereocenters. The summed E-state index contributed by atoms with van der Waals surface area (Å²) in [5.74, 6) is 0.534. The lowest BCUT2D eigenvalue weighted by atomic mass is 9.92. The van der Waals surface area contributed by atoms with Crippen LogP contribution in [0, 0.1) is 5.41 Å². The molecule has 136 valence electrons. The highest BCUT2D eigenvalue weighted by Gasteiger charge is 2.16. The van der Waals surface area contributed by atoms with E-state index in [1.165, 1.54) is 0 Å². The second-order valence-electron chi connectivity index (χ2n) is 7.42. The minimum absolute atomic E-state index is 0.152. The van der Waals surface area contributed by atoms with Crippen molar-refractivity contribution in [2.24, 2.45) is 5.41 Å². The highest BCUT2D eigenvalue weighted by atomic mass is 16.1. The van der Waals surface area contributed by atoms with Crippen LogP contribution < -0.4 is 10.6 Å². The van der Waals surface area contributed by atoms with E-state index in [1.807, 2.05) is 18.2 Å². The second kappa shape index (κ2) is 7.51. The monoisotopic (exact) mass is 352 g/mol. The van der Waals surface area contributed by atoms with Gasteiger partial charge in [0, 0.05) is 31.7 Å². The molecule has 0 saturated carbocycles. The summed E-state index contributed by atoms with van der Waals surface area (Å²) >= 11 is 0. The molecule has 7 nitrogen and oxygen atoms in total. The lowest BCUT2D eigenvalue weighted by Gasteiger charge is -2.17. The van der Waals surface area contributed by atoms with E-state index in [0.717, 1.165) is 12.0 Å². The summed E-state index contributed by atoms with van der Waals surface area (Å²) in [7, 11) is 0. The van der Waals surface area contributed by atoms with Crippen molar-refractivity contribution in [3.63, 3.8) is 0 Å². The Balaban J connectivity index is 1.70. The first-order valence-electron chi connectivity index (χ1n) is 8.68. The Labute approximate surface area is 152 Å². The highest BCUT2D eigenvalue weighted by Crippen LogP contribution is 2.17. The van der Waals surface area contributed by atoms with Gasteiger partial charge in [-0.25, -0.2) is 9.50 Å². The molecular weight excluding hydrogens is 328 g/mol. The number of nitrogens with one attached hydrogen (secondary N) is 2. The van der Waals surface area contributed by atoms with Crippen LogP contribution in [0.5, 0.6) is 0 Å². The third-order valence-electron chi connectivity index (χ3n) is 3.97. The highest BCUT2D eigenvalue weighted by molar-refractivity contribution is 5.99. The Kier molecular flexibility index (Phi) is 5.16. The Hall–Kier alpha value is -2.96. The van der Waals surface area contributed by atoms with Crippen LogP contribution in [-0.2, 0) is 6.54 Å². The molecule has 0 aliphatic carbocycles. The number of amides is 1. The van der Waals surface area contributed by atoms with Gasteiger partial charge in [-0.1, -0.05) is 26.8 Å². The van der Waals surface area contributed by atoms with Crippen LogP contribution in [0.1, 0.15) is 43.1 Å². The summed E-state index contributed by atoms with van der Waals surface area (Å²) < 4.78 is 1.61. The summed E-state index contributed by atoms with van der Waals surface area (Å²) in [5, 5.41) is 10.4. The van der Waals surface area contributed by atoms with Crippen molar-refractivity contribution in [3.05, 3.63) is 54.1 Å². The Morgan fingerprint density at radius 2 is 2.08 bits per heavy atom. The maximum Gasteiger partial charge on any atom is 0.256 e. The van der Waals surface area contributed by atoms with Gasteiger partial charge in [-0.2, -0.15) is 5.10 Å². The van der Waals surface area contributed by atoms with E-state index in [0.29, 0.717) is 30.1 Å². The number of rotatable bonds is 6. The zero-order valence-corrected chi connectivity index (χ0v) is 15.4. The zero-order chi connectivity index (χ0) is 18.6. The molecule has 26 heavy (non-hydrogen) atoms. The number of anilines is 1. The molecule has 0 atom stereocenters. The number of fused-ring (bicyclic) bond motifs is 1. The largest absolute Gasteiger partial charge is 0.366 e. The van der Waals surface area contributed by atoms with E-state index < -0.39 is 0 Å². The molecule has 0 radical (unpaired) electrons. The van der Waals surface area contributed by atoms with Crippen molar-refractivity contribution in [3.8, 4) is 0 Å². The molecule has 1 amide bonds. The van der Waals surface area contributed by atoms with Crippen LogP contribution in [0.2, 0.25) is 0 Å². The van der Waals surface area contributed by atoms with Crippen LogP contribution in [0.25, 0.3) is 5.65 Å².